The molecule has 1 N–H and O–H groups in total. The van der Waals surface area contributed by atoms with Crippen molar-refractivity contribution in [3.05, 3.63) is 74.4 Å². The number of benzene rings is 2. The summed E-state index contributed by atoms with van der Waals surface area (Å²) in [5, 5.41) is 14.8. The lowest BCUT2D eigenvalue weighted by Crippen LogP contribution is -2.30. The molecule has 37 heavy (non-hydrogen) atoms. The monoisotopic (exact) mass is 555 g/mol. The van der Waals surface area contributed by atoms with E-state index in [2.05, 4.69) is 10.1 Å². The summed E-state index contributed by atoms with van der Waals surface area (Å²) in [4.78, 5) is 29.7. The van der Waals surface area contributed by atoms with Gasteiger partial charge in [0.2, 0.25) is 5.91 Å². The average molecular weight is 556 g/mol. The van der Waals surface area contributed by atoms with Gasteiger partial charge in [0.25, 0.3) is 0 Å². The molecule has 2 aromatic heterocycles. The summed E-state index contributed by atoms with van der Waals surface area (Å²) < 4.78 is 11.9. The van der Waals surface area contributed by atoms with Gasteiger partial charge in [0.15, 0.2) is 5.13 Å². The van der Waals surface area contributed by atoms with E-state index in [1.807, 2.05) is 6.07 Å². The summed E-state index contributed by atoms with van der Waals surface area (Å²) in [7, 11) is 0. The van der Waals surface area contributed by atoms with E-state index in [1.165, 1.54) is 11.1 Å². The third-order valence-corrected chi connectivity index (χ3v) is 7.99. The van der Waals surface area contributed by atoms with E-state index in [4.69, 9.17) is 32.5 Å². The van der Waals surface area contributed by atoms with E-state index < -0.39 is 5.97 Å². The molecule has 1 aliphatic carbocycles. The first-order chi connectivity index (χ1) is 17.9. The molecule has 0 bridgehead atoms. The van der Waals surface area contributed by atoms with E-state index >= 15 is 0 Å². The number of rotatable bonds is 7. The Hall–Kier alpha value is -3.40. The molecular weight excluding hydrogens is 537 g/mol. The molecule has 6 rings (SSSR count). The molecule has 1 aliphatic heterocycles. The maximum atomic E-state index is 12.7. The van der Waals surface area contributed by atoms with Crippen LogP contribution in [0.2, 0.25) is 10.0 Å². The minimum atomic E-state index is -1.08. The number of carbonyl (C=O) groups excluding carboxylic acids is 1. The molecule has 1 fully saturated rings. The van der Waals surface area contributed by atoms with Crippen LogP contribution in [-0.4, -0.2) is 27.1 Å². The van der Waals surface area contributed by atoms with Gasteiger partial charge in [0.05, 0.1) is 27.5 Å². The fraction of sp³-hybridized carbons (Fsp3) is 0.231. The average Bonchev–Trinajstić information content (AvgIpc) is 3.45. The Morgan fingerprint density at radius 3 is 2.68 bits per heavy atom. The van der Waals surface area contributed by atoms with Gasteiger partial charge in [-0.2, -0.15) is 0 Å². The number of thiazole rings is 1. The van der Waals surface area contributed by atoms with Crippen LogP contribution in [0.3, 0.4) is 0 Å². The Kier molecular flexibility index (Phi) is 6.14. The molecule has 4 aromatic rings. The smallest absolute Gasteiger partial charge is 0.347 e. The summed E-state index contributed by atoms with van der Waals surface area (Å²) in [5.41, 5.74) is 3.58. The molecule has 0 radical (unpaired) electrons. The number of halogens is 2. The second-order valence-electron chi connectivity index (χ2n) is 8.87. The molecular formula is C26H19Cl2N3O5S. The number of hydrogen-bond acceptors (Lipinski definition) is 7. The van der Waals surface area contributed by atoms with Gasteiger partial charge in [-0.25, -0.2) is 9.78 Å². The number of hydrogen-bond donors (Lipinski definition) is 1. The van der Waals surface area contributed by atoms with Crippen LogP contribution in [0.5, 0.6) is 5.75 Å². The number of fused-ring (bicyclic) bond motifs is 1. The van der Waals surface area contributed by atoms with Crippen LogP contribution in [0.1, 0.15) is 51.7 Å². The molecule has 2 aliphatic rings. The predicted octanol–water partition coefficient (Wildman–Crippen LogP) is 6.87. The first-order valence-electron chi connectivity index (χ1n) is 11.6. The lowest BCUT2D eigenvalue weighted by atomic mass is 10.0. The van der Waals surface area contributed by atoms with Gasteiger partial charge >= 0.3 is 5.97 Å². The van der Waals surface area contributed by atoms with Crippen LogP contribution < -0.4 is 9.64 Å². The molecule has 0 saturated heterocycles. The third kappa shape index (κ3) is 4.47. The molecule has 3 heterocycles. The topological polar surface area (TPSA) is 106 Å². The Morgan fingerprint density at radius 2 is 1.97 bits per heavy atom. The van der Waals surface area contributed by atoms with E-state index in [0.29, 0.717) is 50.2 Å². The molecule has 2 aromatic carbocycles. The number of aryl methyl sites for hydroxylation is 1. The van der Waals surface area contributed by atoms with Crippen molar-refractivity contribution in [3.63, 3.8) is 0 Å². The maximum absolute atomic E-state index is 12.7. The first-order valence-corrected chi connectivity index (χ1v) is 13.2. The van der Waals surface area contributed by atoms with Gasteiger partial charge in [-0.1, -0.05) is 45.8 Å². The summed E-state index contributed by atoms with van der Waals surface area (Å²) in [5.74, 6) is 0.510. The van der Waals surface area contributed by atoms with Gasteiger partial charge in [0, 0.05) is 17.9 Å². The fourth-order valence-electron chi connectivity index (χ4n) is 4.44. The first kappa shape index (κ1) is 24.0. The lowest BCUT2D eigenvalue weighted by Gasteiger charge is -2.27. The van der Waals surface area contributed by atoms with Crippen LogP contribution in [0.15, 0.2) is 47.1 Å². The minimum Gasteiger partial charge on any atom is -0.489 e. The van der Waals surface area contributed by atoms with Crippen molar-refractivity contribution in [2.24, 2.45) is 0 Å². The number of anilines is 2. The number of aromatic carboxylic acids is 1. The van der Waals surface area contributed by atoms with Gasteiger partial charge in [-0.15, -0.1) is 0 Å². The normalized spacial score (nSPS) is 15.1. The van der Waals surface area contributed by atoms with Crippen molar-refractivity contribution in [2.75, 3.05) is 4.90 Å². The van der Waals surface area contributed by atoms with Crippen molar-refractivity contribution < 1.29 is 24.0 Å². The van der Waals surface area contributed by atoms with Crippen LogP contribution in [0.4, 0.5) is 10.8 Å². The maximum Gasteiger partial charge on any atom is 0.347 e. The highest BCUT2D eigenvalue weighted by atomic mass is 35.5. The SMILES string of the molecule is O=C(O)c1cnc(N2C(=O)CCc3cc(OCc4c(-c5c(Cl)cccc5Cl)noc4C4CC4)ccc32)s1. The zero-order chi connectivity index (χ0) is 25.7. The van der Waals surface area contributed by atoms with E-state index in [0.717, 1.165) is 41.1 Å². The number of carbonyl (C=O) groups is 2. The Balaban J connectivity index is 1.29. The quantitative estimate of drug-likeness (QED) is 0.265. The molecule has 0 atom stereocenters. The number of carboxylic acids is 1. The van der Waals surface area contributed by atoms with Crippen molar-refractivity contribution in [3.8, 4) is 17.0 Å². The highest BCUT2D eigenvalue weighted by Gasteiger charge is 2.34. The molecule has 1 amide bonds. The minimum absolute atomic E-state index is 0.0736. The summed E-state index contributed by atoms with van der Waals surface area (Å²) in [6.45, 7) is 0.210. The lowest BCUT2D eigenvalue weighted by molar-refractivity contribution is -0.118. The molecule has 0 unspecified atom stereocenters. The van der Waals surface area contributed by atoms with Crippen molar-refractivity contribution in [1.82, 2.24) is 10.1 Å². The van der Waals surface area contributed by atoms with E-state index in [1.54, 1.807) is 30.3 Å². The summed E-state index contributed by atoms with van der Waals surface area (Å²) in [6, 6.07) is 10.8. The Bertz CT molecular complexity index is 1520. The highest BCUT2D eigenvalue weighted by molar-refractivity contribution is 7.17. The summed E-state index contributed by atoms with van der Waals surface area (Å²) >= 11 is 13.9. The van der Waals surface area contributed by atoms with E-state index in [9.17, 15) is 14.7 Å². The third-order valence-electron chi connectivity index (χ3n) is 6.39. The van der Waals surface area contributed by atoms with Crippen molar-refractivity contribution in [1.29, 1.82) is 0 Å². The van der Waals surface area contributed by atoms with Gasteiger partial charge in [0.1, 0.15) is 28.7 Å². The zero-order valence-electron chi connectivity index (χ0n) is 19.2. The number of carboxylic acid groups (broad SMARTS) is 1. The molecule has 11 heteroatoms. The molecule has 188 valence electrons. The molecule has 0 spiro atoms. The van der Waals surface area contributed by atoms with Crippen LogP contribution in [0.25, 0.3) is 11.3 Å². The van der Waals surface area contributed by atoms with Crippen molar-refractivity contribution in [2.45, 2.75) is 38.2 Å². The predicted molar refractivity (Wildman–Crippen MR) is 139 cm³/mol. The van der Waals surface area contributed by atoms with Crippen LogP contribution >= 0.6 is 34.5 Å². The van der Waals surface area contributed by atoms with Gasteiger partial charge in [-0.3, -0.25) is 9.69 Å². The largest absolute Gasteiger partial charge is 0.489 e. The summed E-state index contributed by atoms with van der Waals surface area (Å²) in [6.07, 6.45) is 4.15. The Morgan fingerprint density at radius 1 is 1.19 bits per heavy atom. The standard InChI is InChI=1S/C26H19Cl2N3O5S/c27-17-2-1-3-18(28)22(17)23-16(24(36-30-23)13-4-5-13)12-35-15-7-8-19-14(10-15)6-9-21(32)31(19)26-29-11-20(37-26)25(33)34/h1-3,7-8,10-11,13H,4-6,9,12H2,(H,33,34). The van der Waals surface area contributed by atoms with Crippen LogP contribution in [-0.2, 0) is 17.8 Å². The van der Waals surface area contributed by atoms with Gasteiger partial charge < -0.3 is 14.4 Å². The van der Waals surface area contributed by atoms with Gasteiger partial charge in [-0.05, 0) is 55.2 Å². The van der Waals surface area contributed by atoms with Crippen molar-refractivity contribution >= 4 is 57.2 Å². The zero-order valence-corrected chi connectivity index (χ0v) is 21.6. The second kappa shape index (κ2) is 9.48. The number of ether oxygens (including phenoxy) is 1. The second-order valence-corrected chi connectivity index (χ2v) is 10.7. The Labute approximate surface area is 225 Å². The number of amides is 1. The fourth-order valence-corrected chi connectivity index (χ4v) is 5.80. The van der Waals surface area contributed by atoms with E-state index in [-0.39, 0.29) is 23.8 Å². The molecule has 1 saturated carbocycles. The number of nitrogens with zero attached hydrogens (tertiary/aromatic N) is 3. The number of aromatic nitrogens is 2. The highest BCUT2D eigenvalue weighted by Crippen LogP contribution is 2.46. The van der Waals surface area contributed by atoms with Crippen LogP contribution in [0, 0.1) is 0 Å². The molecule has 8 nitrogen and oxygen atoms in total.